The van der Waals surface area contributed by atoms with Gasteiger partial charge in [0.1, 0.15) is 5.82 Å². The van der Waals surface area contributed by atoms with Gasteiger partial charge in [0.25, 0.3) is 0 Å². The number of H-pyrrole nitrogens is 1. The van der Waals surface area contributed by atoms with Gasteiger partial charge in [0.15, 0.2) is 0 Å². The van der Waals surface area contributed by atoms with Crippen LogP contribution in [0.3, 0.4) is 0 Å². The summed E-state index contributed by atoms with van der Waals surface area (Å²) in [5.74, 6) is 2.62. The molecule has 0 spiro atoms. The molecule has 2 N–H and O–H groups in total. The summed E-state index contributed by atoms with van der Waals surface area (Å²) in [5, 5.41) is 3.50. The van der Waals surface area contributed by atoms with Crippen LogP contribution in [0, 0.1) is 18.8 Å². The minimum Gasteiger partial charge on any atom is -0.342 e. The molecule has 102 valence electrons. The van der Waals surface area contributed by atoms with Crippen LogP contribution in [-0.4, -0.2) is 23.1 Å². The first-order valence-corrected chi connectivity index (χ1v) is 7.38. The monoisotopic (exact) mass is 257 g/mol. The summed E-state index contributed by atoms with van der Waals surface area (Å²) in [6, 6.07) is 6.41. The summed E-state index contributed by atoms with van der Waals surface area (Å²) < 4.78 is 0. The van der Waals surface area contributed by atoms with Crippen molar-refractivity contribution >= 4 is 11.0 Å². The van der Waals surface area contributed by atoms with E-state index in [4.69, 9.17) is 4.98 Å². The standard InChI is InChI=1S/C16H23N3/c1-11-5-6-14-15(8-11)19-16(18-14)9-12(2)13-4-3-7-17-10-13/h5-6,8,12-13,17H,3-4,7,9-10H2,1-2H3,(H,18,19). The van der Waals surface area contributed by atoms with Crippen LogP contribution in [0.15, 0.2) is 18.2 Å². The van der Waals surface area contributed by atoms with Crippen molar-refractivity contribution < 1.29 is 0 Å². The fraction of sp³-hybridized carbons (Fsp3) is 0.562. The molecule has 2 atom stereocenters. The number of rotatable bonds is 3. The largest absolute Gasteiger partial charge is 0.342 e. The third-order valence-corrected chi connectivity index (χ3v) is 4.34. The Labute approximate surface area is 114 Å². The van der Waals surface area contributed by atoms with Gasteiger partial charge in [-0.25, -0.2) is 4.98 Å². The molecule has 2 unspecified atom stereocenters. The highest BCUT2D eigenvalue weighted by Gasteiger charge is 2.21. The molecule has 0 saturated carbocycles. The van der Waals surface area contributed by atoms with Gasteiger partial charge in [0.2, 0.25) is 0 Å². The van der Waals surface area contributed by atoms with Crippen molar-refractivity contribution in [3.63, 3.8) is 0 Å². The third kappa shape index (κ3) is 2.81. The summed E-state index contributed by atoms with van der Waals surface area (Å²) in [7, 11) is 0. The minimum atomic E-state index is 0.689. The molecule has 19 heavy (non-hydrogen) atoms. The first-order chi connectivity index (χ1) is 9.22. The van der Waals surface area contributed by atoms with Crippen LogP contribution in [0.1, 0.15) is 31.2 Å². The molecule has 1 aromatic carbocycles. The van der Waals surface area contributed by atoms with Gasteiger partial charge in [-0.1, -0.05) is 13.0 Å². The number of piperidine rings is 1. The summed E-state index contributed by atoms with van der Waals surface area (Å²) >= 11 is 0. The van der Waals surface area contributed by atoms with Crippen molar-refractivity contribution in [3.8, 4) is 0 Å². The van der Waals surface area contributed by atoms with E-state index in [-0.39, 0.29) is 0 Å². The van der Waals surface area contributed by atoms with Crippen molar-refractivity contribution in [2.24, 2.45) is 11.8 Å². The van der Waals surface area contributed by atoms with E-state index in [1.54, 1.807) is 0 Å². The van der Waals surface area contributed by atoms with E-state index < -0.39 is 0 Å². The second kappa shape index (κ2) is 5.33. The molecule has 1 fully saturated rings. The lowest BCUT2D eigenvalue weighted by atomic mass is 9.85. The average molecular weight is 257 g/mol. The number of imidazole rings is 1. The van der Waals surface area contributed by atoms with Crippen LogP contribution in [-0.2, 0) is 6.42 Å². The molecule has 2 heterocycles. The second-order valence-electron chi connectivity index (χ2n) is 5.99. The zero-order valence-corrected chi connectivity index (χ0v) is 11.9. The lowest BCUT2D eigenvalue weighted by Crippen LogP contribution is -2.34. The van der Waals surface area contributed by atoms with E-state index in [1.807, 2.05) is 0 Å². The molecule has 1 aromatic heterocycles. The molecule has 0 aliphatic carbocycles. The fourth-order valence-corrected chi connectivity index (χ4v) is 3.11. The Hall–Kier alpha value is -1.35. The third-order valence-electron chi connectivity index (χ3n) is 4.34. The van der Waals surface area contributed by atoms with Crippen molar-refractivity contribution in [3.05, 3.63) is 29.6 Å². The molecular weight excluding hydrogens is 234 g/mol. The molecule has 3 rings (SSSR count). The number of hydrogen-bond acceptors (Lipinski definition) is 2. The van der Waals surface area contributed by atoms with E-state index in [1.165, 1.54) is 37.0 Å². The van der Waals surface area contributed by atoms with Crippen LogP contribution in [0.25, 0.3) is 11.0 Å². The number of aromatic nitrogens is 2. The zero-order chi connectivity index (χ0) is 13.2. The van der Waals surface area contributed by atoms with E-state index in [0.717, 1.165) is 23.7 Å². The predicted octanol–water partition coefficient (Wildman–Crippen LogP) is 3.05. The maximum absolute atomic E-state index is 4.71. The first-order valence-electron chi connectivity index (χ1n) is 7.38. The molecule has 0 radical (unpaired) electrons. The highest BCUT2D eigenvalue weighted by Crippen LogP contribution is 2.23. The summed E-state index contributed by atoms with van der Waals surface area (Å²) in [5.41, 5.74) is 3.55. The predicted molar refractivity (Wildman–Crippen MR) is 79.3 cm³/mol. The SMILES string of the molecule is Cc1ccc2nc(CC(C)C3CCCNC3)[nH]c2c1. The maximum Gasteiger partial charge on any atom is 0.107 e. The molecule has 1 aliphatic rings. The molecule has 0 amide bonds. The lowest BCUT2D eigenvalue weighted by molar-refractivity contribution is 0.276. The van der Waals surface area contributed by atoms with Gasteiger partial charge in [0.05, 0.1) is 11.0 Å². The van der Waals surface area contributed by atoms with E-state index in [2.05, 4.69) is 42.3 Å². The van der Waals surface area contributed by atoms with E-state index in [9.17, 15) is 0 Å². The highest BCUT2D eigenvalue weighted by atomic mass is 14.9. The Bertz CT molecular complexity index is 552. The molecule has 1 saturated heterocycles. The zero-order valence-electron chi connectivity index (χ0n) is 11.9. The van der Waals surface area contributed by atoms with Crippen LogP contribution in [0.4, 0.5) is 0 Å². The number of benzene rings is 1. The van der Waals surface area contributed by atoms with Crippen molar-refractivity contribution in [2.45, 2.75) is 33.1 Å². The molecule has 3 heteroatoms. The van der Waals surface area contributed by atoms with E-state index in [0.29, 0.717) is 5.92 Å². The van der Waals surface area contributed by atoms with Gasteiger partial charge < -0.3 is 10.3 Å². The van der Waals surface area contributed by atoms with Gasteiger partial charge in [0, 0.05) is 6.42 Å². The summed E-state index contributed by atoms with van der Waals surface area (Å²) in [6.45, 7) is 6.83. The van der Waals surface area contributed by atoms with Crippen molar-refractivity contribution in [1.82, 2.24) is 15.3 Å². The first kappa shape index (κ1) is 12.7. The second-order valence-corrected chi connectivity index (χ2v) is 5.99. The maximum atomic E-state index is 4.71. The Morgan fingerprint density at radius 1 is 1.42 bits per heavy atom. The number of hydrogen-bond donors (Lipinski definition) is 2. The smallest absolute Gasteiger partial charge is 0.107 e. The van der Waals surface area contributed by atoms with Gasteiger partial charge in [-0.15, -0.1) is 0 Å². The molecule has 3 nitrogen and oxygen atoms in total. The van der Waals surface area contributed by atoms with Crippen molar-refractivity contribution in [1.29, 1.82) is 0 Å². The number of nitrogens with zero attached hydrogens (tertiary/aromatic N) is 1. The fourth-order valence-electron chi connectivity index (χ4n) is 3.11. The highest BCUT2D eigenvalue weighted by molar-refractivity contribution is 5.75. The Kier molecular flexibility index (Phi) is 3.56. The van der Waals surface area contributed by atoms with Crippen molar-refractivity contribution in [2.75, 3.05) is 13.1 Å². The van der Waals surface area contributed by atoms with Crippen LogP contribution >= 0.6 is 0 Å². The molecule has 1 aliphatic heterocycles. The van der Waals surface area contributed by atoms with Crippen LogP contribution in [0.5, 0.6) is 0 Å². The topological polar surface area (TPSA) is 40.7 Å². The van der Waals surface area contributed by atoms with Gasteiger partial charge >= 0.3 is 0 Å². The Morgan fingerprint density at radius 3 is 3.11 bits per heavy atom. The van der Waals surface area contributed by atoms with Gasteiger partial charge in [-0.05, 0) is 62.4 Å². The Balaban J connectivity index is 1.73. The Morgan fingerprint density at radius 2 is 2.32 bits per heavy atom. The molecule has 2 aromatic rings. The minimum absolute atomic E-state index is 0.689. The molecular formula is C16H23N3. The van der Waals surface area contributed by atoms with Gasteiger partial charge in [-0.3, -0.25) is 0 Å². The normalized spacial score (nSPS) is 21.7. The number of fused-ring (bicyclic) bond motifs is 1. The summed E-state index contributed by atoms with van der Waals surface area (Å²) in [4.78, 5) is 8.19. The lowest BCUT2D eigenvalue weighted by Gasteiger charge is -2.27. The number of aryl methyl sites for hydroxylation is 1. The number of aromatic amines is 1. The van der Waals surface area contributed by atoms with Gasteiger partial charge in [-0.2, -0.15) is 0 Å². The average Bonchev–Trinajstić information content (AvgIpc) is 2.81. The van der Waals surface area contributed by atoms with Crippen LogP contribution < -0.4 is 5.32 Å². The van der Waals surface area contributed by atoms with Crippen LogP contribution in [0.2, 0.25) is 0 Å². The quantitative estimate of drug-likeness (QED) is 0.887. The number of nitrogens with one attached hydrogen (secondary N) is 2. The molecule has 0 bridgehead atoms. The van der Waals surface area contributed by atoms with E-state index >= 15 is 0 Å². The summed E-state index contributed by atoms with van der Waals surface area (Å²) in [6.07, 6.45) is 3.72.